The van der Waals surface area contributed by atoms with E-state index >= 15 is 0 Å². The number of carbonyl (C=O) groups excluding carboxylic acids is 2. The maximum absolute atomic E-state index is 13.3. The van der Waals surface area contributed by atoms with Crippen LogP contribution in [0.4, 0.5) is 15.9 Å². The van der Waals surface area contributed by atoms with Gasteiger partial charge in [0.25, 0.3) is 10.0 Å². The second-order valence-electron chi connectivity index (χ2n) is 9.36. The number of carbonyl (C=O) groups is 2. The minimum absolute atomic E-state index is 0.0415. The van der Waals surface area contributed by atoms with Crippen molar-refractivity contribution in [1.29, 1.82) is 0 Å². The molecule has 0 unspecified atom stereocenters. The molecule has 4 aromatic rings. The number of benzene rings is 1. The zero-order valence-corrected chi connectivity index (χ0v) is 23.5. The number of halogens is 1. The molecule has 4 heterocycles. The largest absolute Gasteiger partial charge is 0.480 e. The Morgan fingerprint density at radius 1 is 1.00 bits per heavy atom. The van der Waals surface area contributed by atoms with Crippen molar-refractivity contribution in [3.8, 4) is 17.1 Å². The third-order valence-corrected chi connectivity index (χ3v) is 7.90. The summed E-state index contributed by atoms with van der Waals surface area (Å²) in [4.78, 5) is 44.9. The van der Waals surface area contributed by atoms with Gasteiger partial charge >= 0.3 is 0 Å². The molecular formula is C28H26FN7O5S. The zero-order valence-electron chi connectivity index (χ0n) is 22.7. The molecule has 3 aromatic heterocycles. The number of sulfonamides is 1. The van der Waals surface area contributed by atoms with Crippen molar-refractivity contribution in [1.82, 2.24) is 24.8 Å². The van der Waals surface area contributed by atoms with Gasteiger partial charge in [0.1, 0.15) is 23.3 Å². The second-order valence-corrected chi connectivity index (χ2v) is 11.0. The average molecular weight is 592 g/mol. The van der Waals surface area contributed by atoms with E-state index in [0.29, 0.717) is 54.3 Å². The molecule has 0 saturated carbocycles. The van der Waals surface area contributed by atoms with Crippen molar-refractivity contribution in [3.05, 3.63) is 73.0 Å². The van der Waals surface area contributed by atoms with Gasteiger partial charge in [0, 0.05) is 44.0 Å². The first kappa shape index (κ1) is 28.5. The predicted octanol–water partition coefficient (Wildman–Crippen LogP) is 2.83. The average Bonchev–Trinajstić information content (AvgIpc) is 2.99. The molecule has 216 valence electrons. The van der Waals surface area contributed by atoms with Crippen LogP contribution in [0.2, 0.25) is 0 Å². The summed E-state index contributed by atoms with van der Waals surface area (Å²) >= 11 is 0. The Balaban J connectivity index is 1.42. The lowest BCUT2D eigenvalue weighted by Gasteiger charge is -2.35. The van der Waals surface area contributed by atoms with Crippen molar-refractivity contribution < 1.29 is 27.1 Å². The normalized spacial score (nSPS) is 13.9. The number of allylic oxidation sites excluding steroid dienone is 1. The molecule has 0 bridgehead atoms. The van der Waals surface area contributed by atoms with E-state index in [4.69, 9.17) is 9.72 Å². The Kier molecular flexibility index (Phi) is 8.06. The van der Waals surface area contributed by atoms with Crippen LogP contribution in [0.15, 0.2) is 72.0 Å². The van der Waals surface area contributed by atoms with Crippen LogP contribution in [0.3, 0.4) is 0 Å². The molecule has 0 radical (unpaired) electrons. The van der Waals surface area contributed by atoms with Crippen molar-refractivity contribution in [2.45, 2.75) is 11.8 Å². The molecule has 1 aliphatic rings. The Hall–Kier alpha value is -4.98. The third kappa shape index (κ3) is 6.17. The van der Waals surface area contributed by atoms with Crippen molar-refractivity contribution in [3.63, 3.8) is 0 Å². The van der Waals surface area contributed by atoms with E-state index in [1.807, 2.05) is 4.90 Å². The molecular weight excluding hydrogens is 565 g/mol. The van der Waals surface area contributed by atoms with E-state index in [0.717, 1.165) is 24.3 Å². The highest BCUT2D eigenvalue weighted by atomic mass is 32.2. The summed E-state index contributed by atoms with van der Waals surface area (Å²) in [6.45, 7) is 3.25. The number of pyridine rings is 2. The van der Waals surface area contributed by atoms with Crippen molar-refractivity contribution in [2.24, 2.45) is 0 Å². The molecule has 0 aliphatic carbocycles. The van der Waals surface area contributed by atoms with Gasteiger partial charge in [-0.3, -0.25) is 14.3 Å². The van der Waals surface area contributed by atoms with Gasteiger partial charge in [-0.1, -0.05) is 0 Å². The number of nitrogens with zero attached hydrogens (tertiary/aromatic N) is 6. The van der Waals surface area contributed by atoms with Gasteiger partial charge < -0.3 is 14.5 Å². The number of fused-ring (bicyclic) bond motifs is 1. The Morgan fingerprint density at radius 3 is 2.43 bits per heavy atom. The van der Waals surface area contributed by atoms with Crippen LogP contribution in [-0.2, 0) is 19.6 Å². The fourth-order valence-electron chi connectivity index (χ4n) is 4.40. The number of hydrogen-bond donors (Lipinski definition) is 1. The second kappa shape index (κ2) is 11.9. The van der Waals surface area contributed by atoms with Gasteiger partial charge in [-0.15, -0.1) is 0 Å². The fraction of sp³-hybridized carbons (Fsp3) is 0.214. The van der Waals surface area contributed by atoms with E-state index in [2.05, 4.69) is 19.7 Å². The number of methoxy groups -OCH3 is 1. The van der Waals surface area contributed by atoms with E-state index in [1.54, 1.807) is 23.1 Å². The van der Waals surface area contributed by atoms with Gasteiger partial charge in [0.05, 0.1) is 23.2 Å². The maximum Gasteiger partial charge on any atom is 0.262 e. The highest BCUT2D eigenvalue weighted by molar-refractivity contribution is 7.92. The highest BCUT2D eigenvalue weighted by Crippen LogP contribution is 2.31. The first-order valence-corrected chi connectivity index (χ1v) is 14.3. The SMILES string of the molecule is COc1ncc(-c2ccc3ncnc(N4CCN(C(=O)/C=C/C(C)=O)CC4)c3n2)cc1NS(=O)(=O)c1ccc(F)cc1. The number of piperazine rings is 1. The maximum atomic E-state index is 13.3. The Labute approximate surface area is 240 Å². The highest BCUT2D eigenvalue weighted by Gasteiger charge is 2.23. The lowest BCUT2D eigenvalue weighted by atomic mass is 10.1. The summed E-state index contributed by atoms with van der Waals surface area (Å²) in [7, 11) is -2.71. The van der Waals surface area contributed by atoms with Gasteiger partial charge in [0.2, 0.25) is 11.8 Å². The molecule has 1 fully saturated rings. The molecule has 1 saturated heterocycles. The van der Waals surface area contributed by atoms with E-state index in [1.165, 1.54) is 38.7 Å². The Morgan fingerprint density at radius 2 is 1.74 bits per heavy atom. The van der Waals surface area contributed by atoms with Gasteiger partial charge in [-0.25, -0.2) is 32.7 Å². The number of ether oxygens (including phenoxy) is 1. The molecule has 1 N–H and O–H groups in total. The lowest BCUT2D eigenvalue weighted by molar-refractivity contribution is -0.126. The van der Waals surface area contributed by atoms with Crippen molar-refractivity contribution in [2.75, 3.05) is 42.9 Å². The summed E-state index contributed by atoms with van der Waals surface area (Å²) < 4.78 is 47.0. The monoisotopic (exact) mass is 591 g/mol. The number of rotatable bonds is 8. The number of aromatic nitrogens is 4. The summed E-state index contributed by atoms with van der Waals surface area (Å²) in [6.07, 6.45) is 5.49. The molecule has 0 spiro atoms. The molecule has 1 aliphatic heterocycles. The van der Waals surface area contributed by atoms with Crippen LogP contribution in [0.1, 0.15) is 6.92 Å². The number of ketones is 1. The van der Waals surface area contributed by atoms with Crippen LogP contribution in [0.25, 0.3) is 22.3 Å². The van der Waals surface area contributed by atoms with Crippen LogP contribution in [0, 0.1) is 5.82 Å². The summed E-state index contributed by atoms with van der Waals surface area (Å²) in [6, 6.07) is 9.49. The number of hydrogen-bond acceptors (Lipinski definition) is 10. The third-order valence-electron chi connectivity index (χ3n) is 6.52. The molecule has 5 rings (SSSR count). The number of amides is 1. The first-order valence-electron chi connectivity index (χ1n) is 12.8. The van der Waals surface area contributed by atoms with Crippen LogP contribution >= 0.6 is 0 Å². The standard InChI is InChI=1S/C28H26FN7O5S/c1-18(37)3-10-25(38)35-11-13-36(14-12-35)27-26-23(31-17-32-27)9-8-22(33-26)19-15-24(28(41-2)30-16-19)34-42(39,40)21-6-4-20(29)5-7-21/h3-10,15-17,34H,11-14H2,1-2H3/b10-3+. The molecule has 1 amide bonds. The zero-order chi connectivity index (χ0) is 29.9. The van der Waals surface area contributed by atoms with Gasteiger partial charge in [-0.2, -0.15) is 0 Å². The van der Waals surface area contributed by atoms with Gasteiger partial charge in [0.15, 0.2) is 11.6 Å². The number of nitrogens with one attached hydrogen (secondary N) is 1. The molecule has 42 heavy (non-hydrogen) atoms. The molecule has 0 atom stereocenters. The summed E-state index contributed by atoms with van der Waals surface area (Å²) in [5.41, 5.74) is 2.18. The molecule has 14 heteroatoms. The van der Waals surface area contributed by atoms with Gasteiger partial charge in [-0.05, 0) is 55.5 Å². The van der Waals surface area contributed by atoms with Crippen LogP contribution < -0.4 is 14.4 Å². The fourth-order valence-corrected chi connectivity index (χ4v) is 5.45. The molecule has 1 aromatic carbocycles. The van der Waals surface area contributed by atoms with Crippen molar-refractivity contribution >= 4 is 44.3 Å². The number of anilines is 2. The smallest absolute Gasteiger partial charge is 0.262 e. The first-order chi connectivity index (χ1) is 20.1. The lowest BCUT2D eigenvalue weighted by Crippen LogP contribution is -2.48. The summed E-state index contributed by atoms with van der Waals surface area (Å²) in [5, 5.41) is 0. The van der Waals surface area contributed by atoms with Crippen LogP contribution in [-0.4, -0.2) is 78.2 Å². The minimum atomic E-state index is -4.07. The topological polar surface area (TPSA) is 148 Å². The minimum Gasteiger partial charge on any atom is -0.480 e. The summed E-state index contributed by atoms with van der Waals surface area (Å²) in [5.74, 6) is -0.346. The van der Waals surface area contributed by atoms with Crippen LogP contribution in [0.5, 0.6) is 5.88 Å². The quantitative estimate of drug-likeness (QED) is 0.303. The predicted molar refractivity (Wildman–Crippen MR) is 153 cm³/mol. The Bertz CT molecular complexity index is 1790. The van der Waals surface area contributed by atoms with E-state index in [9.17, 15) is 22.4 Å². The van der Waals surface area contributed by atoms with E-state index in [-0.39, 0.29) is 28.2 Å². The molecule has 12 nitrogen and oxygen atoms in total. The van der Waals surface area contributed by atoms with E-state index < -0.39 is 15.8 Å².